The molecule has 1 heterocycles. The van der Waals surface area contributed by atoms with E-state index in [4.69, 9.17) is 0 Å². The number of carbonyl (C=O) groups excluding carboxylic acids is 1. The summed E-state index contributed by atoms with van der Waals surface area (Å²) in [6.45, 7) is 9.26. The van der Waals surface area contributed by atoms with Crippen LogP contribution in [0.4, 0.5) is 5.69 Å². The first-order chi connectivity index (χ1) is 9.08. The monoisotopic (exact) mass is 264 g/mol. The Labute approximate surface area is 115 Å². The fraction of sp³-hybridized carbons (Fsp3) is 0.571. The zero-order valence-corrected chi connectivity index (χ0v) is 12.3. The molecule has 0 radical (unpaired) electrons. The Balaban J connectivity index is 2.65. The Bertz CT molecular complexity index is 420. The van der Waals surface area contributed by atoms with Gasteiger partial charge in [0.05, 0.1) is 11.3 Å². The normalized spacial score (nSPS) is 10.6. The molecule has 0 saturated carbocycles. The molecule has 0 aliphatic rings. The highest BCUT2D eigenvalue weighted by molar-refractivity contribution is 5.99. The Morgan fingerprint density at radius 1 is 1.42 bits per heavy atom. The van der Waals surface area contributed by atoms with E-state index in [-0.39, 0.29) is 5.91 Å². The van der Waals surface area contributed by atoms with Crippen LogP contribution in [0.2, 0.25) is 0 Å². The molecule has 1 rings (SSSR count). The van der Waals surface area contributed by atoms with Crippen LogP contribution >= 0.6 is 0 Å². The number of aryl methyl sites for hydroxylation is 1. The Morgan fingerprint density at radius 3 is 2.79 bits per heavy atom. The largest absolute Gasteiger partial charge is 0.385 e. The average molecular weight is 264 g/mol. The lowest BCUT2D eigenvalue weighted by atomic mass is 10.2. The van der Waals surface area contributed by atoms with Gasteiger partial charge < -0.3 is 15.5 Å². The number of hydrogen-bond acceptors (Lipinski definition) is 4. The number of amides is 1. The number of hydrogen-bond donors (Lipinski definition) is 2. The zero-order chi connectivity index (χ0) is 14.3. The van der Waals surface area contributed by atoms with Gasteiger partial charge in [-0.3, -0.25) is 9.78 Å². The van der Waals surface area contributed by atoms with Gasteiger partial charge in [0, 0.05) is 31.5 Å². The number of nitrogens with one attached hydrogen (secondary N) is 2. The van der Waals surface area contributed by atoms with Gasteiger partial charge in [0.2, 0.25) is 0 Å². The first-order valence-electron chi connectivity index (χ1n) is 6.75. The summed E-state index contributed by atoms with van der Waals surface area (Å²) in [5, 5.41) is 6.12. The SMILES string of the molecule is CCNc1cc(C)ncc1C(=O)NCCN(C)CC. The van der Waals surface area contributed by atoms with Crippen molar-refractivity contribution < 1.29 is 4.79 Å². The molecule has 1 aromatic rings. The van der Waals surface area contributed by atoms with Crippen LogP contribution in [0.5, 0.6) is 0 Å². The fourth-order valence-corrected chi connectivity index (χ4v) is 1.69. The predicted octanol–water partition coefficient (Wildman–Crippen LogP) is 1.50. The Hall–Kier alpha value is -1.62. The summed E-state index contributed by atoms with van der Waals surface area (Å²) in [6, 6.07) is 1.90. The minimum atomic E-state index is -0.0760. The molecule has 0 saturated heterocycles. The van der Waals surface area contributed by atoms with Crippen molar-refractivity contribution >= 4 is 11.6 Å². The Kier molecular flexibility index (Phi) is 6.29. The number of nitrogens with zero attached hydrogens (tertiary/aromatic N) is 2. The van der Waals surface area contributed by atoms with Gasteiger partial charge in [-0.25, -0.2) is 0 Å². The molecule has 0 spiro atoms. The third kappa shape index (κ3) is 4.87. The van der Waals surface area contributed by atoms with Crippen molar-refractivity contribution in [3.05, 3.63) is 23.5 Å². The van der Waals surface area contributed by atoms with Gasteiger partial charge >= 0.3 is 0 Å². The summed E-state index contributed by atoms with van der Waals surface area (Å²) in [6.07, 6.45) is 1.63. The molecule has 0 fully saturated rings. The van der Waals surface area contributed by atoms with Crippen LogP contribution in [0.1, 0.15) is 29.9 Å². The molecule has 0 aromatic carbocycles. The summed E-state index contributed by atoms with van der Waals surface area (Å²) in [4.78, 5) is 18.5. The summed E-state index contributed by atoms with van der Waals surface area (Å²) in [5.74, 6) is -0.0760. The molecule has 2 N–H and O–H groups in total. The maximum Gasteiger partial charge on any atom is 0.254 e. The first-order valence-corrected chi connectivity index (χ1v) is 6.75. The van der Waals surface area contributed by atoms with Gasteiger partial charge in [-0.15, -0.1) is 0 Å². The molecular formula is C14H24N4O. The maximum absolute atomic E-state index is 12.1. The second-order valence-electron chi connectivity index (χ2n) is 4.55. The van der Waals surface area contributed by atoms with E-state index in [2.05, 4.69) is 27.4 Å². The summed E-state index contributed by atoms with van der Waals surface area (Å²) < 4.78 is 0. The highest BCUT2D eigenvalue weighted by Gasteiger charge is 2.11. The minimum absolute atomic E-state index is 0.0760. The van der Waals surface area contributed by atoms with Crippen molar-refractivity contribution in [2.24, 2.45) is 0 Å². The standard InChI is InChI=1S/C14H24N4O/c1-5-15-13-9-11(3)17-10-12(13)14(19)16-7-8-18(4)6-2/h9-10H,5-8H2,1-4H3,(H,15,17)(H,16,19). The van der Waals surface area contributed by atoms with E-state index in [1.54, 1.807) is 6.20 Å². The lowest BCUT2D eigenvalue weighted by molar-refractivity contribution is 0.0950. The third-order valence-corrected chi connectivity index (χ3v) is 2.97. The molecule has 0 unspecified atom stereocenters. The lowest BCUT2D eigenvalue weighted by Crippen LogP contribution is -2.33. The van der Waals surface area contributed by atoms with E-state index in [0.29, 0.717) is 12.1 Å². The highest BCUT2D eigenvalue weighted by Crippen LogP contribution is 2.15. The summed E-state index contributed by atoms with van der Waals surface area (Å²) in [5.41, 5.74) is 2.35. The fourth-order valence-electron chi connectivity index (χ4n) is 1.69. The van der Waals surface area contributed by atoms with E-state index >= 15 is 0 Å². The van der Waals surface area contributed by atoms with Crippen LogP contribution in [0.25, 0.3) is 0 Å². The van der Waals surface area contributed by atoms with Crippen LogP contribution in [0, 0.1) is 6.92 Å². The lowest BCUT2D eigenvalue weighted by Gasteiger charge is -2.15. The van der Waals surface area contributed by atoms with E-state index in [1.807, 2.05) is 27.0 Å². The highest BCUT2D eigenvalue weighted by atomic mass is 16.1. The first kappa shape index (κ1) is 15.4. The molecule has 0 atom stereocenters. The minimum Gasteiger partial charge on any atom is -0.385 e. The van der Waals surface area contributed by atoms with Crippen LogP contribution in [-0.4, -0.2) is 49.0 Å². The van der Waals surface area contributed by atoms with Gasteiger partial charge in [0.1, 0.15) is 0 Å². The molecule has 19 heavy (non-hydrogen) atoms. The van der Waals surface area contributed by atoms with Gasteiger partial charge in [-0.2, -0.15) is 0 Å². The Morgan fingerprint density at radius 2 is 2.16 bits per heavy atom. The molecule has 0 aliphatic heterocycles. The van der Waals surface area contributed by atoms with E-state index < -0.39 is 0 Å². The molecule has 0 aliphatic carbocycles. The molecule has 5 heteroatoms. The molecular weight excluding hydrogens is 240 g/mol. The zero-order valence-electron chi connectivity index (χ0n) is 12.3. The van der Waals surface area contributed by atoms with Crippen molar-refractivity contribution in [1.29, 1.82) is 0 Å². The third-order valence-electron chi connectivity index (χ3n) is 2.97. The number of anilines is 1. The predicted molar refractivity (Wildman–Crippen MR) is 78.6 cm³/mol. The van der Waals surface area contributed by atoms with Crippen LogP contribution < -0.4 is 10.6 Å². The molecule has 106 valence electrons. The van der Waals surface area contributed by atoms with Crippen LogP contribution in [0.3, 0.4) is 0 Å². The van der Waals surface area contributed by atoms with E-state index in [1.165, 1.54) is 0 Å². The van der Waals surface area contributed by atoms with Crippen molar-refractivity contribution in [1.82, 2.24) is 15.2 Å². The molecule has 1 amide bonds. The van der Waals surface area contributed by atoms with Gasteiger partial charge in [0.25, 0.3) is 5.91 Å². The van der Waals surface area contributed by atoms with Crippen molar-refractivity contribution in [3.8, 4) is 0 Å². The summed E-state index contributed by atoms with van der Waals surface area (Å²) in [7, 11) is 2.03. The smallest absolute Gasteiger partial charge is 0.254 e. The van der Waals surface area contributed by atoms with E-state index in [9.17, 15) is 4.79 Å². The van der Waals surface area contributed by atoms with Crippen LogP contribution in [0.15, 0.2) is 12.3 Å². The van der Waals surface area contributed by atoms with Crippen LogP contribution in [-0.2, 0) is 0 Å². The maximum atomic E-state index is 12.1. The second-order valence-corrected chi connectivity index (χ2v) is 4.55. The number of rotatable bonds is 7. The molecule has 5 nitrogen and oxygen atoms in total. The number of pyridine rings is 1. The van der Waals surface area contributed by atoms with Crippen molar-refractivity contribution in [2.45, 2.75) is 20.8 Å². The second kappa shape index (κ2) is 7.74. The number of carbonyl (C=O) groups is 1. The van der Waals surface area contributed by atoms with Crippen molar-refractivity contribution in [2.75, 3.05) is 38.5 Å². The van der Waals surface area contributed by atoms with Crippen molar-refractivity contribution in [3.63, 3.8) is 0 Å². The topological polar surface area (TPSA) is 57.3 Å². The molecule has 0 bridgehead atoms. The quantitative estimate of drug-likeness (QED) is 0.783. The summed E-state index contributed by atoms with van der Waals surface area (Å²) >= 11 is 0. The van der Waals surface area contributed by atoms with E-state index in [0.717, 1.165) is 31.0 Å². The molecule has 1 aromatic heterocycles. The number of aromatic nitrogens is 1. The average Bonchev–Trinajstić information content (AvgIpc) is 2.38. The van der Waals surface area contributed by atoms with Gasteiger partial charge in [0.15, 0.2) is 0 Å². The van der Waals surface area contributed by atoms with Gasteiger partial charge in [-0.1, -0.05) is 6.92 Å². The van der Waals surface area contributed by atoms with Gasteiger partial charge in [-0.05, 0) is 33.5 Å². The number of likely N-dealkylation sites (N-methyl/N-ethyl adjacent to an activating group) is 1.